The third kappa shape index (κ3) is 4.94. The lowest BCUT2D eigenvalue weighted by Crippen LogP contribution is -2.42. The van der Waals surface area contributed by atoms with Gasteiger partial charge in [-0.05, 0) is 19.1 Å². The van der Waals surface area contributed by atoms with Crippen molar-refractivity contribution >= 4 is 21.6 Å². The summed E-state index contributed by atoms with van der Waals surface area (Å²) in [6, 6.07) is 6.19. The van der Waals surface area contributed by atoms with Crippen molar-refractivity contribution in [1.29, 1.82) is 0 Å². The van der Waals surface area contributed by atoms with E-state index in [0.29, 0.717) is 43.1 Å². The zero-order valence-corrected chi connectivity index (χ0v) is 17.2. The summed E-state index contributed by atoms with van der Waals surface area (Å²) in [7, 11) is -1.85. The molecule has 156 valence electrons. The number of nitrogens with zero attached hydrogens (tertiary/aromatic N) is 3. The van der Waals surface area contributed by atoms with E-state index in [4.69, 9.17) is 4.74 Å². The topological polar surface area (TPSA) is 113 Å². The molecule has 0 bridgehead atoms. The fourth-order valence-electron chi connectivity index (χ4n) is 3.09. The Hall–Kier alpha value is -2.88. The van der Waals surface area contributed by atoms with Crippen LogP contribution in [-0.2, 0) is 10.0 Å². The number of aromatic amines is 1. The van der Waals surface area contributed by atoms with Crippen LogP contribution >= 0.6 is 0 Å². The van der Waals surface area contributed by atoms with Crippen LogP contribution in [0.4, 0.5) is 5.69 Å². The lowest BCUT2D eigenvalue weighted by atomic mass is 10.1. The fourth-order valence-corrected chi connectivity index (χ4v) is 3.91. The van der Waals surface area contributed by atoms with Crippen molar-refractivity contribution in [3.05, 3.63) is 52.6 Å². The van der Waals surface area contributed by atoms with Crippen LogP contribution in [-0.4, -0.2) is 61.2 Å². The minimum atomic E-state index is -3.34. The van der Waals surface area contributed by atoms with Crippen molar-refractivity contribution < 1.29 is 17.9 Å². The average molecular weight is 420 g/mol. The molecule has 0 radical (unpaired) electrons. The van der Waals surface area contributed by atoms with E-state index in [2.05, 4.69) is 9.97 Å². The number of amides is 1. The molecule has 3 heterocycles. The number of hydrogen-bond donors (Lipinski definition) is 1. The van der Waals surface area contributed by atoms with Crippen LogP contribution in [0.5, 0.6) is 5.88 Å². The number of hydrogen-bond acceptors (Lipinski definition) is 6. The summed E-state index contributed by atoms with van der Waals surface area (Å²) >= 11 is 0. The van der Waals surface area contributed by atoms with E-state index in [9.17, 15) is 18.0 Å². The summed E-state index contributed by atoms with van der Waals surface area (Å²) in [5, 5.41) is 0. The molecule has 0 aliphatic carbocycles. The Bertz CT molecular complexity index is 1010. The largest absolute Gasteiger partial charge is 0.474 e. The molecular formula is C19H24N4O5S. The van der Waals surface area contributed by atoms with Crippen molar-refractivity contribution in [2.75, 3.05) is 30.2 Å². The summed E-state index contributed by atoms with van der Waals surface area (Å²) in [4.78, 5) is 32.3. The van der Waals surface area contributed by atoms with Gasteiger partial charge in [0, 0.05) is 56.9 Å². The number of aromatic nitrogens is 2. The maximum absolute atomic E-state index is 12.5. The molecule has 1 saturated heterocycles. The molecule has 29 heavy (non-hydrogen) atoms. The molecule has 3 rings (SSSR count). The minimum absolute atomic E-state index is 0.0103. The van der Waals surface area contributed by atoms with Gasteiger partial charge in [0.05, 0.1) is 17.6 Å². The van der Waals surface area contributed by atoms with E-state index >= 15 is 0 Å². The lowest BCUT2D eigenvalue weighted by Gasteiger charge is -2.32. The fraction of sp³-hybridized carbons (Fsp3) is 0.421. The van der Waals surface area contributed by atoms with Crippen LogP contribution in [0.25, 0.3) is 0 Å². The summed E-state index contributed by atoms with van der Waals surface area (Å²) in [6.07, 6.45) is 4.12. The normalized spacial score (nSPS) is 15.2. The number of carbonyl (C=O) groups is 1. The Morgan fingerprint density at radius 2 is 2.03 bits per heavy atom. The molecule has 9 nitrogen and oxygen atoms in total. The van der Waals surface area contributed by atoms with Crippen molar-refractivity contribution in [3.8, 4) is 5.88 Å². The van der Waals surface area contributed by atoms with E-state index in [1.54, 1.807) is 30.0 Å². The first-order valence-electron chi connectivity index (χ1n) is 9.37. The first-order valence-corrected chi connectivity index (χ1v) is 11.0. The van der Waals surface area contributed by atoms with Gasteiger partial charge in [0.1, 0.15) is 6.10 Å². The van der Waals surface area contributed by atoms with E-state index in [1.807, 2.05) is 0 Å². The second-order valence-electron chi connectivity index (χ2n) is 6.77. The van der Waals surface area contributed by atoms with Gasteiger partial charge in [0.15, 0.2) is 0 Å². The standard InChI is InChI=1S/C19H24N4O5S/c1-3-29(26,27)22(2)15-4-5-18(21-13-15)28-16-7-10-23(11-8-16)19(25)14-6-9-20-17(24)12-14/h4-6,9,12-13,16H,3,7-8,10-11H2,1-2H3,(H,20,24). The van der Waals surface area contributed by atoms with Gasteiger partial charge in [-0.15, -0.1) is 0 Å². The van der Waals surface area contributed by atoms with Crippen LogP contribution < -0.4 is 14.6 Å². The zero-order chi connectivity index (χ0) is 21.0. The first-order chi connectivity index (χ1) is 13.8. The number of pyridine rings is 2. The number of sulfonamides is 1. The molecule has 0 aromatic carbocycles. The van der Waals surface area contributed by atoms with Crippen molar-refractivity contribution in [2.24, 2.45) is 0 Å². The highest BCUT2D eigenvalue weighted by Gasteiger charge is 2.25. The van der Waals surface area contributed by atoms with E-state index in [-0.39, 0.29) is 23.3 Å². The minimum Gasteiger partial charge on any atom is -0.474 e. The molecule has 0 saturated carbocycles. The van der Waals surface area contributed by atoms with Gasteiger partial charge in [0.25, 0.3) is 5.91 Å². The van der Waals surface area contributed by atoms with Gasteiger partial charge in [-0.1, -0.05) is 0 Å². The van der Waals surface area contributed by atoms with Crippen molar-refractivity contribution in [3.63, 3.8) is 0 Å². The van der Waals surface area contributed by atoms with Crippen LogP contribution in [0.1, 0.15) is 30.1 Å². The van der Waals surface area contributed by atoms with Gasteiger partial charge >= 0.3 is 0 Å². The monoisotopic (exact) mass is 420 g/mol. The number of piperidine rings is 1. The number of H-pyrrole nitrogens is 1. The van der Waals surface area contributed by atoms with Gasteiger partial charge in [-0.25, -0.2) is 13.4 Å². The van der Waals surface area contributed by atoms with E-state index < -0.39 is 10.0 Å². The van der Waals surface area contributed by atoms with Gasteiger partial charge in [-0.2, -0.15) is 0 Å². The quantitative estimate of drug-likeness (QED) is 0.752. The molecule has 10 heteroatoms. The second-order valence-corrected chi connectivity index (χ2v) is 9.06. The van der Waals surface area contributed by atoms with Crippen molar-refractivity contribution in [1.82, 2.24) is 14.9 Å². The maximum Gasteiger partial charge on any atom is 0.254 e. The molecule has 0 spiro atoms. The maximum atomic E-state index is 12.5. The summed E-state index contributed by atoms with van der Waals surface area (Å²) in [5.74, 6) is 0.253. The van der Waals surface area contributed by atoms with Gasteiger partial charge in [-0.3, -0.25) is 13.9 Å². The number of nitrogens with one attached hydrogen (secondary N) is 1. The summed E-state index contributed by atoms with van der Waals surface area (Å²) < 4.78 is 30.9. The molecule has 1 aliphatic heterocycles. The molecule has 0 atom stereocenters. The zero-order valence-electron chi connectivity index (χ0n) is 16.4. The van der Waals surface area contributed by atoms with E-state index in [1.165, 1.54) is 29.8 Å². The lowest BCUT2D eigenvalue weighted by molar-refractivity contribution is 0.0587. The van der Waals surface area contributed by atoms with Crippen LogP contribution in [0.15, 0.2) is 41.5 Å². The molecule has 2 aromatic heterocycles. The van der Waals surface area contributed by atoms with Crippen LogP contribution in [0.2, 0.25) is 0 Å². The Kier molecular flexibility index (Phi) is 6.21. The smallest absolute Gasteiger partial charge is 0.254 e. The molecule has 1 fully saturated rings. The number of rotatable bonds is 6. The molecule has 1 N–H and O–H groups in total. The third-order valence-corrected chi connectivity index (χ3v) is 6.68. The molecule has 2 aromatic rings. The number of anilines is 1. The summed E-state index contributed by atoms with van der Waals surface area (Å²) in [5.41, 5.74) is 0.537. The predicted molar refractivity (Wildman–Crippen MR) is 109 cm³/mol. The van der Waals surface area contributed by atoms with Crippen LogP contribution in [0, 0.1) is 0 Å². The Balaban J connectivity index is 1.56. The summed E-state index contributed by atoms with van der Waals surface area (Å²) in [6.45, 7) is 2.63. The Morgan fingerprint density at radius 3 is 2.62 bits per heavy atom. The van der Waals surface area contributed by atoms with E-state index in [0.717, 1.165) is 0 Å². The average Bonchev–Trinajstić information content (AvgIpc) is 2.74. The Morgan fingerprint density at radius 1 is 1.31 bits per heavy atom. The molecule has 0 unspecified atom stereocenters. The number of carbonyl (C=O) groups excluding carboxylic acids is 1. The van der Waals surface area contributed by atoms with Crippen LogP contribution in [0.3, 0.4) is 0 Å². The predicted octanol–water partition coefficient (Wildman–Crippen LogP) is 1.24. The number of likely N-dealkylation sites (tertiary alicyclic amines) is 1. The highest BCUT2D eigenvalue weighted by Crippen LogP contribution is 2.22. The van der Waals surface area contributed by atoms with Gasteiger partial charge < -0.3 is 14.6 Å². The molecular weight excluding hydrogens is 396 g/mol. The van der Waals surface area contributed by atoms with Gasteiger partial charge in [0.2, 0.25) is 21.5 Å². The highest BCUT2D eigenvalue weighted by molar-refractivity contribution is 7.92. The Labute approximate surface area is 169 Å². The van der Waals surface area contributed by atoms with Crippen molar-refractivity contribution in [2.45, 2.75) is 25.9 Å². The SMILES string of the molecule is CCS(=O)(=O)N(C)c1ccc(OC2CCN(C(=O)c3cc[nH]c(=O)c3)CC2)nc1. The number of ether oxygens (including phenoxy) is 1. The third-order valence-electron chi connectivity index (χ3n) is 4.91. The highest BCUT2D eigenvalue weighted by atomic mass is 32.2. The molecule has 1 aliphatic rings. The first kappa shape index (κ1) is 20.8. The molecule has 1 amide bonds. The second kappa shape index (κ2) is 8.64.